The Balaban J connectivity index is 2.45. The number of rotatable bonds is 8. The van der Waals surface area contributed by atoms with Crippen LogP contribution in [0.15, 0.2) is 24.3 Å². The van der Waals surface area contributed by atoms with Crippen molar-refractivity contribution in [2.24, 2.45) is 0 Å². The second-order valence-electron chi connectivity index (χ2n) is 4.15. The van der Waals surface area contributed by atoms with Crippen molar-refractivity contribution in [3.63, 3.8) is 0 Å². The molecule has 100 valence electrons. The van der Waals surface area contributed by atoms with E-state index >= 15 is 0 Å². The van der Waals surface area contributed by atoms with Crippen LogP contribution >= 0.6 is 44.3 Å². The number of aryl methyl sites for hydroxylation is 2. The van der Waals surface area contributed by atoms with Gasteiger partial charge in [0.05, 0.1) is 0 Å². The molecule has 18 heavy (non-hydrogen) atoms. The van der Waals surface area contributed by atoms with Crippen molar-refractivity contribution >= 4 is 59.1 Å². The highest BCUT2D eigenvalue weighted by molar-refractivity contribution is 7.34. The molecule has 0 aliphatic rings. The van der Waals surface area contributed by atoms with Crippen LogP contribution in [0.2, 0.25) is 12.1 Å². The van der Waals surface area contributed by atoms with E-state index in [1.54, 1.807) is 0 Å². The van der Waals surface area contributed by atoms with Crippen LogP contribution < -0.4 is 0 Å². The van der Waals surface area contributed by atoms with Gasteiger partial charge >= 0.3 is 0 Å². The Bertz CT molecular complexity index is 312. The maximum Gasteiger partial charge on any atom is 0.273 e. The Kier molecular flexibility index (Phi) is 9.07. The van der Waals surface area contributed by atoms with Gasteiger partial charge in [0.25, 0.3) is 14.8 Å². The van der Waals surface area contributed by atoms with Crippen molar-refractivity contribution in [1.29, 1.82) is 0 Å². The summed E-state index contributed by atoms with van der Waals surface area (Å²) in [5, 5.41) is 0. The lowest BCUT2D eigenvalue weighted by atomic mass is 10.00. The summed E-state index contributed by atoms with van der Waals surface area (Å²) in [6, 6.07) is 10.4. The first-order chi connectivity index (χ1) is 8.59. The summed E-state index contributed by atoms with van der Waals surface area (Å²) in [7, 11) is -2.26. The predicted octanol–water partition coefficient (Wildman–Crippen LogP) is 5.48. The van der Waals surface area contributed by atoms with E-state index in [4.69, 9.17) is 44.3 Å². The molecule has 0 atom stereocenters. The van der Waals surface area contributed by atoms with E-state index in [1.807, 2.05) is 0 Å². The maximum atomic E-state index is 5.84. The molecule has 0 saturated carbocycles. The van der Waals surface area contributed by atoms with Crippen LogP contribution in [0, 0.1) is 0 Å². The van der Waals surface area contributed by atoms with Crippen LogP contribution in [0.3, 0.4) is 0 Å². The first-order valence-electron chi connectivity index (χ1n) is 6.00. The van der Waals surface area contributed by atoms with Gasteiger partial charge in [-0.3, -0.25) is 0 Å². The summed E-state index contributed by atoms with van der Waals surface area (Å²) < 4.78 is 0. The van der Waals surface area contributed by atoms with Gasteiger partial charge in [-0.25, -0.2) is 0 Å². The van der Waals surface area contributed by atoms with Crippen molar-refractivity contribution in [1.82, 2.24) is 0 Å². The van der Waals surface area contributed by atoms with Crippen molar-refractivity contribution in [2.45, 2.75) is 37.8 Å². The molecule has 0 nitrogen and oxygen atoms in total. The third-order valence-corrected chi connectivity index (χ3v) is 6.47. The lowest BCUT2D eigenvalue weighted by molar-refractivity contribution is 0.857. The van der Waals surface area contributed by atoms with Gasteiger partial charge in [0, 0.05) is 0 Å². The van der Waals surface area contributed by atoms with Crippen molar-refractivity contribution in [3.8, 4) is 0 Å². The third kappa shape index (κ3) is 7.41. The van der Waals surface area contributed by atoms with Gasteiger partial charge in [0.1, 0.15) is 0 Å². The summed E-state index contributed by atoms with van der Waals surface area (Å²) in [6.07, 6.45) is 4.25. The first kappa shape index (κ1) is 16.9. The highest BCUT2D eigenvalue weighted by Crippen LogP contribution is 2.18. The first-order valence-corrected chi connectivity index (χ1v) is 13.5. The van der Waals surface area contributed by atoms with Crippen LogP contribution in [0.25, 0.3) is 0 Å². The lowest BCUT2D eigenvalue weighted by Gasteiger charge is -2.09. The Morgan fingerprint density at radius 3 is 1.44 bits per heavy atom. The average Bonchev–Trinajstić information content (AvgIpc) is 2.30. The fraction of sp³-hybridized carbons (Fsp3) is 0.500. The molecule has 1 aromatic carbocycles. The van der Waals surface area contributed by atoms with E-state index in [0.29, 0.717) is 0 Å². The second-order valence-corrected chi connectivity index (χ2v) is 13.1. The Morgan fingerprint density at radius 2 is 1.11 bits per heavy atom. The monoisotopic (exact) mass is 356 g/mol. The number of hydrogen-bond acceptors (Lipinski definition) is 0. The number of halogens is 4. The molecular weight excluding hydrogens is 342 g/mol. The summed E-state index contributed by atoms with van der Waals surface area (Å²) in [6.45, 7) is 0. The Labute approximate surface area is 132 Å². The normalized spacial score (nSPS) is 11.4. The third-order valence-electron chi connectivity index (χ3n) is 2.74. The molecular formula is C12H16Cl4Si2. The Hall–Kier alpha value is 0.814. The zero-order valence-corrected chi connectivity index (χ0v) is 15.1. The van der Waals surface area contributed by atoms with E-state index in [9.17, 15) is 0 Å². The predicted molar refractivity (Wildman–Crippen MR) is 87.6 cm³/mol. The molecule has 0 heterocycles. The molecule has 0 aliphatic carbocycles. The minimum atomic E-state index is -1.13. The quantitative estimate of drug-likeness (QED) is 0.426. The molecule has 0 saturated heterocycles. The zero-order valence-electron chi connectivity index (χ0n) is 10.1. The number of hydrogen-bond donors (Lipinski definition) is 0. The van der Waals surface area contributed by atoms with Gasteiger partial charge in [0.15, 0.2) is 0 Å². The SMILES string of the molecule is Cl[Si](Cl)CCCc1ccccc1CCC[Si](Cl)Cl. The largest absolute Gasteiger partial charge is 0.273 e. The average molecular weight is 358 g/mol. The molecule has 0 spiro atoms. The zero-order chi connectivity index (χ0) is 13.4. The fourth-order valence-corrected chi connectivity index (χ4v) is 4.36. The van der Waals surface area contributed by atoms with E-state index < -0.39 is 14.8 Å². The van der Waals surface area contributed by atoms with Crippen molar-refractivity contribution < 1.29 is 0 Å². The molecule has 1 aromatic rings. The van der Waals surface area contributed by atoms with Gasteiger partial charge in [0.2, 0.25) is 0 Å². The number of benzene rings is 1. The minimum absolute atomic E-state index is 0.943. The van der Waals surface area contributed by atoms with Crippen LogP contribution in [-0.4, -0.2) is 14.8 Å². The molecule has 0 amide bonds. The minimum Gasteiger partial charge on any atom is -0.147 e. The van der Waals surface area contributed by atoms with Gasteiger partial charge < -0.3 is 0 Å². The van der Waals surface area contributed by atoms with E-state index in [-0.39, 0.29) is 0 Å². The molecule has 0 unspecified atom stereocenters. The van der Waals surface area contributed by atoms with Crippen molar-refractivity contribution in [2.75, 3.05) is 0 Å². The van der Waals surface area contributed by atoms with E-state index in [0.717, 1.165) is 37.8 Å². The summed E-state index contributed by atoms with van der Waals surface area (Å²) in [5.41, 5.74) is 2.82. The second kappa shape index (κ2) is 9.68. The molecule has 6 heteroatoms. The molecule has 2 radical (unpaired) electrons. The van der Waals surface area contributed by atoms with Gasteiger partial charge in [-0.2, -0.15) is 0 Å². The fourth-order valence-electron chi connectivity index (χ4n) is 1.87. The maximum absolute atomic E-state index is 5.84. The molecule has 0 fully saturated rings. The van der Waals surface area contributed by atoms with Crippen LogP contribution in [0.4, 0.5) is 0 Å². The topological polar surface area (TPSA) is 0 Å². The van der Waals surface area contributed by atoms with Crippen molar-refractivity contribution in [3.05, 3.63) is 35.4 Å². The van der Waals surface area contributed by atoms with Crippen LogP contribution in [0.1, 0.15) is 24.0 Å². The summed E-state index contributed by atoms with van der Waals surface area (Å²) >= 11 is 23.4. The van der Waals surface area contributed by atoms with Gasteiger partial charge in [-0.15, -0.1) is 44.3 Å². The van der Waals surface area contributed by atoms with E-state index in [1.165, 1.54) is 11.1 Å². The Morgan fingerprint density at radius 1 is 0.722 bits per heavy atom. The highest BCUT2D eigenvalue weighted by Gasteiger charge is 2.07. The molecule has 1 rings (SSSR count). The molecule has 0 N–H and O–H groups in total. The molecule has 0 aliphatic heterocycles. The van der Waals surface area contributed by atoms with Crippen LogP contribution in [0.5, 0.6) is 0 Å². The summed E-state index contributed by atoms with van der Waals surface area (Å²) in [5.74, 6) is 0. The lowest BCUT2D eigenvalue weighted by Crippen LogP contribution is -1.99. The molecule has 0 aromatic heterocycles. The standard InChI is InChI=1S/C12H16Cl4Si2/c13-17(14)9-3-7-11-5-1-2-6-12(11)8-4-10-18(15)16/h1-2,5-6H,3-4,7-10H2. The van der Waals surface area contributed by atoms with E-state index in [2.05, 4.69) is 24.3 Å². The summed E-state index contributed by atoms with van der Waals surface area (Å²) in [4.78, 5) is 0. The van der Waals surface area contributed by atoms with Crippen LogP contribution in [-0.2, 0) is 12.8 Å². The van der Waals surface area contributed by atoms with Gasteiger partial charge in [-0.05, 0) is 48.9 Å². The highest BCUT2D eigenvalue weighted by atomic mass is 35.7. The molecule has 0 bridgehead atoms. The van der Waals surface area contributed by atoms with Gasteiger partial charge in [-0.1, -0.05) is 24.3 Å². The smallest absolute Gasteiger partial charge is 0.147 e.